The van der Waals surface area contributed by atoms with Gasteiger partial charge in [0, 0.05) is 44.1 Å². The molecule has 7 heteroatoms. The van der Waals surface area contributed by atoms with E-state index in [9.17, 15) is 0 Å². The molecule has 3 rings (SSSR count). The molecule has 1 unspecified atom stereocenters. The van der Waals surface area contributed by atoms with Crippen LogP contribution in [0.4, 0.5) is 0 Å². The summed E-state index contributed by atoms with van der Waals surface area (Å²) in [5, 5.41) is 7.66. The van der Waals surface area contributed by atoms with Crippen LogP contribution in [-0.4, -0.2) is 49.4 Å². The van der Waals surface area contributed by atoms with Crippen molar-refractivity contribution < 1.29 is 9.26 Å². The van der Waals surface area contributed by atoms with E-state index < -0.39 is 0 Å². The molecule has 1 aromatic heterocycles. The van der Waals surface area contributed by atoms with E-state index in [2.05, 4.69) is 40.3 Å². The second-order valence-corrected chi connectivity index (χ2v) is 7.11. The van der Waals surface area contributed by atoms with Crippen molar-refractivity contribution in [2.75, 3.05) is 33.4 Å². The second kappa shape index (κ2) is 9.21. The number of nitrogens with one attached hydrogen (secondary N) is 1. The summed E-state index contributed by atoms with van der Waals surface area (Å²) in [5.74, 6) is 2.30. The molecule has 6 nitrogen and oxygen atoms in total. The average molecular weight is 462 g/mol. The second-order valence-electron chi connectivity index (χ2n) is 7.11. The fourth-order valence-corrected chi connectivity index (χ4v) is 3.90. The quantitative estimate of drug-likeness (QED) is 0.413. The number of rotatable bonds is 5. The summed E-state index contributed by atoms with van der Waals surface area (Å²) in [4.78, 5) is 6.78. The average Bonchev–Trinajstić information content (AvgIpc) is 3.33. The van der Waals surface area contributed by atoms with Crippen molar-refractivity contribution in [1.29, 1.82) is 0 Å². The van der Waals surface area contributed by atoms with Gasteiger partial charge in [-0.25, -0.2) is 0 Å². The number of ether oxygens (including phenoxy) is 1. The Labute approximate surface area is 167 Å². The van der Waals surface area contributed by atoms with Gasteiger partial charge in [0.1, 0.15) is 0 Å². The van der Waals surface area contributed by atoms with Crippen LogP contribution in [0.1, 0.15) is 56.9 Å². The molecule has 2 aliphatic rings. The summed E-state index contributed by atoms with van der Waals surface area (Å²) in [6.07, 6.45) is 4.54. The fourth-order valence-electron chi connectivity index (χ4n) is 3.90. The van der Waals surface area contributed by atoms with E-state index in [1.165, 1.54) is 12.8 Å². The highest BCUT2D eigenvalue weighted by molar-refractivity contribution is 14.0. The van der Waals surface area contributed by atoms with Crippen molar-refractivity contribution in [2.45, 2.75) is 52.0 Å². The van der Waals surface area contributed by atoms with Crippen LogP contribution in [-0.2, 0) is 11.3 Å². The van der Waals surface area contributed by atoms with Crippen molar-refractivity contribution in [3.63, 3.8) is 0 Å². The maximum Gasteiger partial charge on any atom is 0.194 e. The number of hydrogen-bond donors (Lipinski definition) is 1. The number of hydrogen-bond acceptors (Lipinski definition) is 4. The zero-order chi connectivity index (χ0) is 17.0. The van der Waals surface area contributed by atoms with E-state index in [1.54, 1.807) is 0 Å². The molecule has 1 atom stereocenters. The molecule has 142 valence electrons. The number of halogens is 1. The highest BCUT2D eigenvalue weighted by Crippen LogP contribution is 2.38. The normalized spacial score (nSPS) is 23.5. The van der Waals surface area contributed by atoms with Crippen LogP contribution in [0.2, 0.25) is 0 Å². The van der Waals surface area contributed by atoms with Crippen LogP contribution in [0, 0.1) is 5.41 Å². The predicted molar refractivity (Wildman–Crippen MR) is 109 cm³/mol. The first-order valence-corrected chi connectivity index (χ1v) is 9.18. The third-order valence-electron chi connectivity index (χ3n) is 5.54. The molecule has 0 radical (unpaired) electrons. The van der Waals surface area contributed by atoms with Crippen LogP contribution in [0.25, 0.3) is 0 Å². The van der Waals surface area contributed by atoms with Crippen molar-refractivity contribution >= 4 is 29.9 Å². The van der Waals surface area contributed by atoms with Crippen LogP contribution in [0.5, 0.6) is 0 Å². The van der Waals surface area contributed by atoms with Gasteiger partial charge in [0.05, 0.1) is 18.8 Å². The lowest BCUT2D eigenvalue weighted by atomic mass is 9.87. The van der Waals surface area contributed by atoms with Crippen LogP contribution < -0.4 is 5.32 Å². The Morgan fingerprint density at radius 1 is 1.40 bits per heavy atom. The van der Waals surface area contributed by atoms with Gasteiger partial charge in [-0.2, -0.15) is 0 Å². The van der Waals surface area contributed by atoms with E-state index in [1.807, 2.05) is 7.05 Å². The van der Waals surface area contributed by atoms with E-state index >= 15 is 0 Å². The van der Waals surface area contributed by atoms with Crippen molar-refractivity contribution in [1.82, 2.24) is 15.4 Å². The van der Waals surface area contributed by atoms with Gasteiger partial charge in [0.2, 0.25) is 0 Å². The molecular formula is C18H31IN4O2. The smallest absolute Gasteiger partial charge is 0.194 e. The summed E-state index contributed by atoms with van der Waals surface area (Å²) in [6, 6.07) is 2.08. The molecule has 1 aromatic rings. The first-order valence-electron chi connectivity index (χ1n) is 9.18. The summed E-state index contributed by atoms with van der Waals surface area (Å²) >= 11 is 0. The summed E-state index contributed by atoms with van der Waals surface area (Å²) in [6.45, 7) is 8.87. The Kier molecular flexibility index (Phi) is 7.54. The molecule has 0 aliphatic carbocycles. The maximum atomic E-state index is 5.61. The predicted octanol–water partition coefficient (Wildman–Crippen LogP) is 3.38. The van der Waals surface area contributed by atoms with Crippen molar-refractivity contribution in [3.05, 3.63) is 17.5 Å². The van der Waals surface area contributed by atoms with E-state index in [-0.39, 0.29) is 24.0 Å². The molecular weight excluding hydrogens is 431 g/mol. The zero-order valence-corrected chi connectivity index (χ0v) is 17.9. The molecule has 2 fully saturated rings. The summed E-state index contributed by atoms with van der Waals surface area (Å²) < 4.78 is 11.1. The molecule has 1 spiro atoms. The molecule has 25 heavy (non-hydrogen) atoms. The topological polar surface area (TPSA) is 62.9 Å². The fraction of sp³-hybridized carbons (Fsp3) is 0.778. The molecule has 3 heterocycles. The standard InChI is InChI=1S/C18H30N4O2.HI/c1-4-14(5-2)16-10-15(24-21-16)11-20-17(19-3)22-8-6-18(12-22)7-9-23-13-18;/h10,14H,4-9,11-13H2,1-3H3,(H,19,20);1H. The Bertz CT molecular complexity index is 565. The van der Waals surface area contributed by atoms with Gasteiger partial charge in [-0.3, -0.25) is 4.99 Å². The highest BCUT2D eigenvalue weighted by atomic mass is 127. The van der Waals surface area contributed by atoms with Crippen molar-refractivity contribution in [3.8, 4) is 0 Å². The third-order valence-corrected chi connectivity index (χ3v) is 5.54. The van der Waals surface area contributed by atoms with E-state index in [4.69, 9.17) is 9.26 Å². The van der Waals surface area contributed by atoms with Crippen LogP contribution >= 0.6 is 24.0 Å². The molecule has 0 amide bonds. The minimum absolute atomic E-state index is 0. The van der Waals surface area contributed by atoms with Gasteiger partial charge in [-0.05, 0) is 25.7 Å². The largest absolute Gasteiger partial charge is 0.381 e. The number of aromatic nitrogens is 1. The van der Waals surface area contributed by atoms with Gasteiger partial charge in [0.15, 0.2) is 11.7 Å². The monoisotopic (exact) mass is 462 g/mol. The first kappa shape index (κ1) is 20.5. The lowest BCUT2D eigenvalue weighted by Gasteiger charge is -2.24. The van der Waals surface area contributed by atoms with Gasteiger partial charge in [-0.1, -0.05) is 19.0 Å². The molecule has 0 saturated carbocycles. The maximum absolute atomic E-state index is 5.61. The van der Waals surface area contributed by atoms with E-state index in [0.717, 1.165) is 56.6 Å². The van der Waals surface area contributed by atoms with Gasteiger partial charge < -0.3 is 19.5 Å². The van der Waals surface area contributed by atoms with Gasteiger partial charge in [0.25, 0.3) is 0 Å². The SMILES string of the molecule is CCC(CC)c1cc(CNC(=NC)N2CCC3(CCOC3)C2)on1.I. The molecule has 0 bridgehead atoms. The molecule has 2 saturated heterocycles. The Morgan fingerprint density at radius 2 is 2.20 bits per heavy atom. The minimum Gasteiger partial charge on any atom is -0.381 e. The highest BCUT2D eigenvalue weighted by Gasteiger charge is 2.42. The Hall–Kier alpha value is -0.830. The van der Waals surface area contributed by atoms with Crippen molar-refractivity contribution in [2.24, 2.45) is 10.4 Å². The number of aliphatic imine (C=N–C) groups is 1. The molecule has 1 N–H and O–H groups in total. The Balaban J connectivity index is 0.00000225. The third kappa shape index (κ3) is 4.67. The minimum atomic E-state index is 0. The number of nitrogens with zero attached hydrogens (tertiary/aromatic N) is 3. The number of likely N-dealkylation sites (tertiary alicyclic amines) is 1. The molecule has 2 aliphatic heterocycles. The lowest BCUT2D eigenvalue weighted by Crippen LogP contribution is -2.41. The Morgan fingerprint density at radius 3 is 2.84 bits per heavy atom. The van der Waals surface area contributed by atoms with Gasteiger partial charge in [-0.15, -0.1) is 24.0 Å². The van der Waals surface area contributed by atoms with Gasteiger partial charge >= 0.3 is 0 Å². The zero-order valence-electron chi connectivity index (χ0n) is 15.6. The van der Waals surface area contributed by atoms with Crippen LogP contribution in [0.3, 0.4) is 0 Å². The number of guanidine groups is 1. The summed E-state index contributed by atoms with van der Waals surface area (Å²) in [5.41, 5.74) is 1.40. The van der Waals surface area contributed by atoms with E-state index in [0.29, 0.717) is 17.9 Å². The summed E-state index contributed by atoms with van der Waals surface area (Å²) in [7, 11) is 1.84. The van der Waals surface area contributed by atoms with Crippen LogP contribution in [0.15, 0.2) is 15.6 Å². The molecule has 0 aromatic carbocycles. The first-order chi connectivity index (χ1) is 11.7. The lowest BCUT2D eigenvalue weighted by molar-refractivity contribution is 0.156.